The largest absolute Gasteiger partial charge is 0.439 e. The summed E-state index contributed by atoms with van der Waals surface area (Å²) in [6.07, 6.45) is 2.07. The van der Waals surface area contributed by atoms with Crippen molar-refractivity contribution in [3.8, 4) is 11.6 Å². The molecular formula is C19H18N4O2. The highest BCUT2D eigenvalue weighted by atomic mass is 16.5. The summed E-state index contributed by atoms with van der Waals surface area (Å²) in [5, 5.41) is 5.91. The maximum atomic E-state index is 11.4. The number of hydrogen-bond acceptors (Lipinski definition) is 5. The second-order valence-electron chi connectivity index (χ2n) is 5.24. The molecule has 25 heavy (non-hydrogen) atoms. The Balaban J connectivity index is 1.66. The second-order valence-corrected chi connectivity index (χ2v) is 5.24. The molecule has 0 saturated heterocycles. The van der Waals surface area contributed by atoms with Crippen molar-refractivity contribution in [2.24, 2.45) is 0 Å². The topological polar surface area (TPSA) is 76.1 Å². The van der Waals surface area contributed by atoms with Gasteiger partial charge in [-0.05, 0) is 36.4 Å². The van der Waals surface area contributed by atoms with Gasteiger partial charge in [0.2, 0.25) is 17.7 Å². The Hall–Kier alpha value is -3.41. The van der Waals surface area contributed by atoms with E-state index in [0.717, 1.165) is 11.4 Å². The van der Waals surface area contributed by atoms with E-state index >= 15 is 0 Å². The summed E-state index contributed by atoms with van der Waals surface area (Å²) in [6, 6.07) is 18.5. The molecule has 6 nitrogen and oxygen atoms in total. The van der Waals surface area contributed by atoms with Crippen molar-refractivity contribution in [1.29, 1.82) is 0 Å². The molecule has 2 N–H and O–H groups in total. The molecule has 0 bridgehead atoms. The van der Waals surface area contributed by atoms with Gasteiger partial charge in [0.1, 0.15) is 5.75 Å². The molecule has 0 spiro atoms. The molecule has 1 aromatic heterocycles. The Morgan fingerprint density at radius 3 is 2.44 bits per heavy atom. The average Bonchev–Trinajstić information content (AvgIpc) is 2.64. The van der Waals surface area contributed by atoms with Crippen LogP contribution in [0.3, 0.4) is 0 Å². The molecule has 2 aromatic carbocycles. The zero-order chi connectivity index (χ0) is 17.5. The van der Waals surface area contributed by atoms with Gasteiger partial charge in [0.05, 0.1) is 0 Å². The fraction of sp³-hybridized carbons (Fsp3) is 0.105. The molecule has 0 unspecified atom stereocenters. The van der Waals surface area contributed by atoms with E-state index in [1.807, 2.05) is 61.5 Å². The highest BCUT2D eigenvalue weighted by Crippen LogP contribution is 2.21. The molecule has 0 aliphatic rings. The zero-order valence-electron chi connectivity index (χ0n) is 13.8. The number of ether oxygens (including phenoxy) is 1. The van der Waals surface area contributed by atoms with E-state index in [9.17, 15) is 4.79 Å². The number of aromatic nitrogens is 2. The second kappa shape index (κ2) is 7.92. The van der Waals surface area contributed by atoms with Crippen LogP contribution in [0.4, 0.5) is 17.3 Å². The Morgan fingerprint density at radius 2 is 1.72 bits per heavy atom. The van der Waals surface area contributed by atoms with Crippen molar-refractivity contribution in [2.75, 3.05) is 10.6 Å². The summed E-state index contributed by atoms with van der Waals surface area (Å²) in [5.74, 6) is 1.58. The molecule has 0 atom stereocenters. The van der Waals surface area contributed by atoms with Gasteiger partial charge in [-0.2, -0.15) is 4.98 Å². The van der Waals surface area contributed by atoms with Gasteiger partial charge in [-0.1, -0.05) is 25.1 Å². The molecule has 0 radical (unpaired) electrons. The molecule has 0 saturated carbocycles. The van der Waals surface area contributed by atoms with Crippen molar-refractivity contribution in [1.82, 2.24) is 9.97 Å². The van der Waals surface area contributed by atoms with Gasteiger partial charge in [0, 0.05) is 30.1 Å². The van der Waals surface area contributed by atoms with Crippen LogP contribution in [0.5, 0.6) is 11.6 Å². The smallest absolute Gasteiger partial charge is 0.230 e. The molecular weight excluding hydrogens is 316 g/mol. The number of amides is 1. The maximum absolute atomic E-state index is 11.4. The van der Waals surface area contributed by atoms with Crippen LogP contribution in [-0.2, 0) is 4.79 Å². The summed E-state index contributed by atoms with van der Waals surface area (Å²) < 4.78 is 5.69. The maximum Gasteiger partial charge on any atom is 0.230 e. The Morgan fingerprint density at radius 1 is 1.00 bits per heavy atom. The van der Waals surface area contributed by atoms with Crippen LogP contribution < -0.4 is 15.4 Å². The van der Waals surface area contributed by atoms with Crippen molar-refractivity contribution < 1.29 is 9.53 Å². The molecule has 3 aromatic rings. The van der Waals surface area contributed by atoms with Gasteiger partial charge in [-0.3, -0.25) is 4.79 Å². The third-order valence-corrected chi connectivity index (χ3v) is 3.34. The lowest BCUT2D eigenvalue weighted by Gasteiger charge is -2.09. The number of rotatable bonds is 6. The van der Waals surface area contributed by atoms with Gasteiger partial charge in [-0.15, -0.1) is 0 Å². The average molecular weight is 334 g/mol. The lowest BCUT2D eigenvalue weighted by molar-refractivity contribution is -0.115. The summed E-state index contributed by atoms with van der Waals surface area (Å²) in [5.41, 5.74) is 1.56. The number of carbonyl (C=O) groups is 1. The van der Waals surface area contributed by atoms with Crippen molar-refractivity contribution >= 4 is 23.2 Å². The summed E-state index contributed by atoms with van der Waals surface area (Å²) in [7, 11) is 0. The first-order valence-electron chi connectivity index (χ1n) is 7.96. The molecule has 1 heterocycles. The number of hydrogen-bond donors (Lipinski definition) is 2. The van der Waals surface area contributed by atoms with Crippen LogP contribution >= 0.6 is 0 Å². The molecule has 6 heteroatoms. The minimum atomic E-state index is -0.0187. The van der Waals surface area contributed by atoms with Gasteiger partial charge in [-0.25, -0.2) is 4.98 Å². The first-order valence-corrected chi connectivity index (χ1v) is 7.96. The third kappa shape index (κ3) is 4.78. The van der Waals surface area contributed by atoms with E-state index in [0.29, 0.717) is 24.0 Å². The lowest BCUT2D eigenvalue weighted by atomic mass is 10.2. The van der Waals surface area contributed by atoms with E-state index in [1.165, 1.54) is 0 Å². The number of carbonyl (C=O) groups excluding carboxylic acids is 1. The number of para-hydroxylation sites is 1. The molecule has 3 rings (SSSR count). The predicted octanol–water partition coefficient (Wildman–Crippen LogP) is 4.36. The summed E-state index contributed by atoms with van der Waals surface area (Å²) in [4.78, 5) is 19.9. The highest BCUT2D eigenvalue weighted by molar-refractivity contribution is 5.90. The Bertz CT molecular complexity index is 836. The fourth-order valence-electron chi connectivity index (χ4n) is 2.08. The Kier molecular flexibility index (Phi) is 5.21. The van der Waals surface area contributed by atoms with Gasteiger partial charge < -0.3 is 15.4 Å². The fourth-order valence-corrected chi connectivity index (χ4v) is 2.08. The van der Waals surface area contributed by atoms with E-state index in [-0.39, 0.29) is 5.91 Å². The van der Waals surface area contributed by atoms with E-state index in [2.05, 4.69) is 20.6 Å². The first-order chi connectivity index (χ1) is 12.2. The van der Waals surface area contributed by atoms with Crippen LogP contribution in [0.25, 0.3) is 0 Å². The van der Waals surface area contributed by atoms with E-state index in [1.54, 1.807) is 12.3 Å². The van der Waals surface area contributed by atoms with Crippen LogP contribution in [0.15, 0.2) is 66.9 Å². The Labute approximate surface area is 145 Å². The van der Waals surface area contributed by atoms with Crippen LogP contribution in [0, 0.1) is 0 Å². The highest BCUT2D eigenvalue weighted by Gasteiger charge is 2.03. The molecule has 0 fully saturated rings. The van der Waals surface area contributed by atoms with Crippen molar-refractivity contribution in [3.05, 3.63) is 66.9 Å². The quantitative estimate of drug-likeness (QED) is 0.700. The monoisotopic (exact) mass is 334 g/mol. The predicted molar refractivity (Wildman–Crippen MR) is 97.2 cm³/mol. The van der Waals surface area contributed by atoms with Gasteiger partial charge in [0.25, 0.3) is 0 Å². The van der Waals surface area contributed by atoms with Crippen LogP contribution in [0.1, 0.15) is 13.3 Å². The van der Waals surface area contributed by atoms with Crippen LogP contribution in [-0.4, -0.2) is 15.9 Å². The van der Waals surface area contributed by atoms with Gasteiger partial charge in [0.15, 0.2) is 0 Å². The molecule has 0 aliphatic carbocycles. The third-order valence-electron chi connectivity index (χ3n) is 3.34. The first kappa shape index (κ1) is 16.4. The minimum Gasteiger partial charge on any atom is -0.439 e. The zero-order valence-corrected chi connectivity index (χ0v) is 13.8. The van der Waals surface area contributed by atoms with Crippen molar-refractivity contribution in [2.45, 2.75) is 13.3 Å². The summed E-state index contributed by atoms with van der Waals surface area (Å²) in [6.45, 7) is 1.81. The number of anilines is 3. The molecule has 0 aliphatic heterocycles. The standard InChI is InChI=1S/C19H18N4O2/c1-2-17(24)21-14-8-10-15(11-9-14)22-19-20-13-12-18(23-19)25-16-6-4-3-5-7-16/h3-13H,2H2,1H3,(H,21,24)(H,20,22,23). The normalized spacial score (nSPS) is 10.1. The SMILES string of the molecule is CCC(=O)Nc1ccc(Nc2nccc(Oc3ccccc3)n2)cc1. The number of benzene rings is 2. The molecule has 126 valence electrons. The van der Waals surface area contributed by atoms with Gasteiger partial charge >= 0.3 is 0 Å². The van der Waals surface area contributed by atoms with E-state index < -0.39 is 0 Å². The summed E-state index contributed by atoms with van der Waals surface area (Å²) >= 11 is 0. The van der Waals surface area contributed by atoms with E-state index in [4.69, 9.17) is 4.74 Å². The minimum absolute atomic E-state index is 0.0187. The number of nitrogens with one attached hydrogen (secondary N) is 2. The molecule has 1 amide bonds. The number of nitrogens with zero attached hydrogens (tertiary/aromatic N) is 2. The van der Waals surface area contributed by atoms with Crippen LogP contribution in [0.2, 0.25) is 0 Å². The lowest BCUT2D eigenvalue weighted by Crippen LogP contribution is -2.09. The van der Waals surface area contributed by atoms with Crippen molar-refractivity contribution in [3.63, 3.8) is 0 Å².